The van der Waals surface area contributed by atoms with Gasteiger partial charge in [-0.3, -0.25) is 4.79 Å². The molecule has 122 valence electrons. The van der Waals surface area contributed by atoms with Crippen molar-refractivity contribution in [1.29, 1.82) is 0 Å². The van der Waals surface area contributed by atoms with Crippen molar-refractivity contribution in [3.05, 3.63) is 41.3 Å². The summed E-state index contributed by atoms with van der Waals surface area (Å²) in [6.07, 6.45) is 3.56. The molecule has 6 nitrogen and oxygen atoms in total. The number of hydrogen-bond donors (Lipinski definition) is 1. The highest BCUT2D eigenvalue weighted by molar-refractivity contribution is 5.94. The average molecular weight is 314 g/mol. The zero-order valence-corrected chi connectivity index (χ0v) is 13.6. The Balaban J connectivity index is 1.76. The standard InChI is InChI=1S/C17H22N4O2/c1-12-10-13(2)21(19-12)16-6-5-14(11-18-16)17(23)20-8-3-4-15(22)7-9-20/h5-6,10-11,15,22H,3-4,7-9H2,1-2H3/t15-/m0/s1. The minimum atomic E-state index is -0.292. The summed E-state index contributed by atoms with van der Waals surface area (Å²) in [5, 5.41) is 14.1. The third-order valence-electron chi connectivity index (χ3n) is 4.21. The molecule has 3 rings (SSSR count). The number of amides is 1. The van der Waals surface area contributed by atoms with Crippen LogP contribution in [0.4, 0.5) is 0 Å². The van der Waals surface area contributed by atoms with E-state index in [0.717, 1.165) is 24.2 Å². The number of carbonyl (C=O) groups is 1. The second-order valence-corrected chi connectivity index (χ2v) is 6.12. The number of nitrogens with zero attached hydrogens (tertiary/aromatic N) is 4. The molecule has 3 heterocycles. The molecule has 0 saturated carbocycles. The van der Waals surface area contributed by atoms with Crippen LogP contribution in [-0.2, 0) is 0 Å². The van der Waals surface area contributed by atoms with Crippen molar-refractivity contribution in [2.75, 3.05) is 13.1 Å². The molecule has 0 aliphatic carbocycles. The van der Waals surface area contributed by atoms with E-state index in [9.17, 15) is 9.90 Å². The molecule has 6 heteroatoms. The summed E-state index contributed by atoms with van der Waals surface area (Å²) >= 11 is 0. The highest BCUT2D eigenvalue weighted by Gasteiger charge is 2.20. The van der Waals surface area contributed by atoms with Gasteiger partial charge < -0.3 is 10.0 Å². The van der Waals surface area contributed by atoms with Gasteiger partial charge in [-0.25, -0.2) is 9.67 Å². The van der Waals surface area contributed by atoms with Gasteiger partial charge in [0.15, 0.2) is 5.82 Å². The maximum Gasteiger partial charge on any atom is 0.255 e. The van der Waals surface area contributed by atoms with Gasteiger partial charge in [-0.05, 0) is 51.3 Å². The number of aliphatic hydroxyl groups excluding tert-OH is 1. The van der Waals surface area contributed by atoms with Crippen LogP contribution >= 0.6 is 0 Å². The molecule has 0 aromatic carbocycles. The first kappa shape index (κ1) is 15.7. The van der Waals surface area contributed by atoms with Crippen LogP contribution in [0.2, 0.25) is 0 Å². The first-order valence-corrected chi connectivity index (χ1v) is 8.01. The summed E-state index contributed by atoms with van der Waals surface area (Å²) in [6, 6.07) is 5.60. The molecule has 1 atom stereocenters. The minimum absolute atomic E-state index is 0.0217. The second kappa shape index (κ2) is 6.50. The Bertz CT molecular complexity index is 693. The monoisotopic (exact) mass is 314 g/mol. The van der Waals surface area contributed by atoms with E-state index in [1.54, 1.807) is 21.8 Å². The molecule has 0 spiro atoms. The van der Waals surface area contributed by atoms with Gasteiger partial charge >= 0.3 is 0 Å². The smallest absolute Gasteiger partial charge is 0.255 e. The van der Waals surface area contributed by atoms with E-state index in [-0.39, 0.29) is 12.0 Å². The predicted octanol–water partition coefficient (Wildman–Crippen LogP) is 1.87. The summed E-state index contributed by atoms with van der Waals surface area (Å²) in [5.74, 6) is 0.685. The van der Waals surface area contributed by atoms with Crippen molar-refractivity contribution < 1.29 is 9.90 Å². The highest BCUT2D eigenvalue weighted by atomic mass is 16.3. The molecule has 1 aliphatic heterocycles. The number of carbonyl (C=O) groups excluding carboxylic acids is 1. The number of hydrogen-bond acceptors (Lipinski definition) is 4. The normalized spacial score (nSPS) is 18.7. The van der Waals surface area contributed by atoms with E-state index in [4.69, 9.17) is 0 Å². The number of likely N-dealkylation sites (tertiary alicyclic amines) is 1. The number of aromatic nitrogens is 3. The number of pyridine rings is 1. The summed E-state index contributed by atoms with van der Waals surface area (Å²) in [4.78, 5) is 18.7. The first-order chi connectivity index (χ1) is 11.0. The Morgan fingerprint density at radius 3 is 2.74 bits per heavy atom. The van der Waals surface area contributed by atoms with Crippen LogP contribution in [0.5, 0.6) is 0 Å². The van der Waals surface area contributed by atoms with Crippen LogP contribution in [0.15, 0.2) is 24.4 Å². The largest absolute Gasteiger partial charge is 0.393 e. The second-order valence-electron chi connectivity index (χ2n) is 6.12. The van der Waals surface area contributed by atoms with Crippen LogP contribution in [0, 0.1) is 13.8 Å². The lowest BCUT2D eigenvalue weighted by Gasteiger charge is -2.20. The van der Waals surface area contributed by atoms with Gasteiger partial charge in [-0.15, -0.1) is 0 Å². The molecule has 23 heavy (non-hydrogen) atoms. The molecule has 0 bridgehead atoms. The molecular weight excluding hydrogens is 292 g/mol. The number of rotatable bonds is 2. The van der Waals surface area contributed by atoms with Crippen molar-refractivity contribution in [3.63, 3.8) is 0 Å². The van der Waals surface area contributed by atoms with E-state index >= 15 is 0 Å². The van der Waals surface area contributed by atoms with E-state index < -0.39 is 0 Å². The summed E-state index contributed by atoms with van der Waals surface area (Å²) < 4.78 is 1.77. The molecule has 1 N–H and O–H groups in total. The van der Waals surface area contributed by atoms with Gasteiger partial charge in [0, 0.05) is 25.0 Å². The van der Waals surface area contributed by atoms with Crippen molar-refractivity contribution in [2.45, 2.75) is 39.2 Å². The van der Waals surface area contributed by atoms with E-state index in [1.165, 1.54) is 0 Å². The average Bonchev–Trinajstić information content (AvgIpc) is 2.74. The summed E-state index contributed by atoms with van der Waals surface area (Å²) in [6.45, 7) is 5.20. The Labute approximate surface area is 135 Å². The van der Waals surface area contributed by atoms with Crippen molar-refractivity contribution in [1.82, 2.24) is 19.7 Å². The van der Waals surface area contributed by atoms with Gasteiger partial charge in [-0.2, -0.15) is 5.10 Å². The van der Waals surface area contributed by atoms with Gasteiger partial charge in [0.25, 0.3) is 5.91 Å². The summed E-state index contributed by atoms with van der Waals surface area (Å²) in [7, 11) is 0. The SMILES string of the molecule is Cc1cc(C)n(-c2ccc(C(=O)N3CCC[C@H](O)CC3)cn2)n1. The predicted molar refractivity (Wildman–Crippen MR) is 86.6 cm³/mol. The molecule has 1 amide bonds. The van der Waals surface area contributed by atoms with Crippen molar-refractivity contribution >= 4 is 5.91 Å². The fourth-order valence-corrected chi connectivity index (χ4v) is 2.96. The number of aliphatic hydroxyl groups is 1. The number of aryl methyl sites for hydroxylation is 2. The summed E-state index contributed by atoms with van der Waals surface area (Å²) in [5.41, 5.74) is 2.52. The molecule has 1 saturated heterocycles. The van der Waals surface area contributed by atoms with Gasteiger partial charge in [0.1, 0.15) is 0 Å². The van der Waals surface area contributed by atoms with Crippen molar-refractivity contribution in [2.24, 2.45) is 0 Å². The van der Waals surface area contributed by atoms with Crippen LogP contribution in [0.1, 0.15) is 41.0 Å². The highest BCUT2D eigenvalue weighted by Crippen LogP contribution is 2.15. The van der Waals surface area contributed by atoms with E-state index in [2.05, 4.69) is 10.1 Å². The fraction of sp³-hybridized carbons (Fsp3) is 0.471. The Hall–Kier alpha value is -2.21. The molecule has 0 radical (unpaired) electrons. The Morgan fingerprint density at radius 1 is 1.26 bits per heavy atom. The quantitative estimate of drug-likeness (QED) is 0.918. The first-order valence-electron chi connectivity index (χ1n) is 8.01. The lowest BCUT2D eigenvalue weighted by Crippen LogP contribution is -2.32. The van der Waals surface area contributed by atoms with Crippen LogP contribution in [0.25, 0.3) is 5.82 Å². The molecule has 0 unspecified atom stereocenters. The Kier molecular flexibility index (Phi) is 4.43. The molecular formula is C17H22N4O2. The Morgan fingerprint density at radius 2 is 2.09 bits per heavy atom. The van der Waals surface area contributed by atoms with E-state index in [0.29, 0.717) is 30.9 Å². The molecule has 2 aromatic rings. The van der Waals surface area contributed by atoms with Crippen LogP contribution in [0.3, 0.4) is 0 Å². The lowest BCUT2D eigenvalue weighted by molar-refractivity contribution is 0.0752. The molecule has 2 aromatic heterocycles. The maximum absolute atomic E-state index is 12.6. The molecule has 1 aliphatic rings. The topological polar surface area (TPSA) is 71.2 Å². The van der Waals surface area contributed by atoms with Crippen LogP contribution < -0.4 is 0 Å². The minimum Gasteiger partial charge on any atom is -0.393 e. The third kappa shape index (κ3) is 3.42. The zero-order chi connectivity index (χ0) is 16.4. The van der Waals surface area contributed by atoms with Gasteiger partial charge in [0.05, 0.1) is 17.4 Å². The fourth-order valence-electron chi connectivity index (χ4n) is 2.96. The van der Waals surface area contributed by atoms with Gasteiger partial charge in [-0.1, -0.05) is 0 Å². The van der Waals surface area contributed by atoms with E-state index in [1.807, 2.05) is 26.0 Å². The van der Waals surface area contributed by atoms with Gasteiger partial charge in [0.2, 0.25) is 0 Å². The van der Waals surface area contributed by atoms with Crippen molar-refractivity contribution in [3.8, 4) is 5.82 Å². The van der Waals surface area contributed by atoms with Crippen LogP contribution in [-0.4, -0.2) is 49.9 Å². The third-order valence-corrected chi connectivity index (χ3v) is 4.21. The zero-order valence-electron chi connectivity index (χ0n) is 13.6. The molecule has 1 fully saturated rings. The maximum atomic E-state index is 12.6. The lowest BCUT2D eigenvalue weighted by atomic mass is 10.2.